The monoisotopic (exact) mass is 354 g/mol. The molecule has 7 heteroatoms. The van der Waals surface area contributed by atoms with Gasteiger partial charge in [0.1, 0.15) is 5.75 Å². The van der Waals surface area contributed by atoms with Gasteiger partial charge >= 0.3 is 6.36 Å². The molecular weight excluding hydrogens is 337 g/mol. The van der Waals surface area contributed by atoms with Gasteiger partial charge < -0.3 is 15.0 Å². The molecular formula is C13H18BrF3N2O. The number of rotatable bonds is 6. The van der Waals surface area contributed by atoms with E-state index in [1.807, 2.05) is 14.1 Å². The van der Waals surface area contributed by atoms with Gasteiger partial charge in [-0.25, -0.2) is 0 Å². The molecule has 0 amide bonds. The lowest BCUT2D eigenvalue weighted by Crippen LogP contribution is -2.35. The minimum Gasteiger partial charge on any atom is -0.405 e. The van der Waals surface area contributed by atoms with Crippen LogP contribution in [-0.2, 0) is 6.54 Å². The zero-order valence-electron chi connectivity index (χ0n) is 11.6. The van der Waals surface area contributed by atoms with Crippen LogP contribution < -0.4 is 10.1 Å². The molecule has 0 bridgehead atoms. The number of nitrogens with one attached hydrogen (secondary N) is 1. The number of ether oxygens (including phenoxy) is 1. The molecule has 3 nitrogen and oxygen atoms in total. The summed E-state index contributed by atoms with van der Waals surface area (Å²) >= 11 is 3.09. The zero-order chi connectivity index (χ0) is 15.3. The Morgan fingerprint density at radius 3 is 2.50 bits per heavy atom. The molecule has 0 saturated heterocycles. The first-order chi connectivity index (χ1) is 9.17. The van der Waals surface area contributed by atoms with E-state index in [2.05, 4.69) is 37.8 Å². The van der Waals surface area contributed by atoms with Gasteiger partial charge in [0.25, 0.3) is 0 Å². The van der Waals surface area contributed by atoms with E-state index in [1.165, 1.54) is 6.07 Å². The summed E-state index contributed by atoms with van der Waals surface area (Å²) < 4.78 is 40.6. The maximum absolute atomic E-state index is 12.1. The van der Waals surface area contributed by atoms with Gasteiger partial charge in [-0.2, -0.15) is 0 Å². The first-order valence-corrected chi connectivity index (χ1v) is 6.89. The molecule has 1 aromatic carbocycles. The molecule has 1 unspecified atom stereocenters. The van der Waals surface area contributed by atoms with Crippen LogP contribution in [0.4, 0.5) is 13.2 Å². The van der Waals surface area contributed by atoms with Crippen molar-refractivity contribution in [1.29, 1.82) is 0 Å². The summed E-state index contributed by atoms with van der Waals surface area (Å²) in [6.45, 7) is 3.52. The van der Waals surface area contributed by atoms with Crippen molar-refractivity contribution in [3.63, 3.8) is 0 Å². The Morgan fingerprint density at radius 1 is 1.35 bits per heavy atom. The molecule has 0 spiro atoms. The summed E-state index contributed by atoms with van der Waals surface area (Å²) in [5, 5.41) is 3.30. The summed E-state index contributed by atoms with van der Waals surface area (Å²) in [7, 11) is 3.97. The lowest BCUT2D eigenvalue weighted by molar-refractivity contribution is -0.274. The summed E-state index contributed by atoms with van der Waals surface area (Å²) in [6.07, 6.45) is -4.68. The Balaban J connectivity index is 2.59. The van der Waals surface area contributed by atoms with Crippen molar-refractivity contribution in [2.45, 2.75) is 25.9 Å². The average Bonchev–Trinajstić information content (AvgIpc) is 2.27. The number of likely N-dealkylation sites (N-methyl/N-ethyl adjacent to an activating group) is 1. The van der Waals surface area contributed by atoms with Crippen molar-refractivity contribution in [3.8, 4) is 5.75 Å². The fourth-order valence-corrected chi connectivity index (χ4v) is 2.27. The van der Waals surface area contributed by atoms with Crippen LogP contribution in [0.1, 0.15) is 12.5 Å². The molecule has 1 aromatic rings. The fourth-order valence-electron chi connectivity index (χ4n) is 1.77. The molecule has 0 fully saturated rings. The van der Waals surface area contributed by atoms with E-state index in [9.17, 15) is 13.2 Å². The zero-order valence-corrected chi connectivity index (χ0v) is 13.2. The number of nitrogens with zero attached hydrogens (tertiary/aromatic N) is 1. The normalized spacial score (nSPS) is 13.6. The predicted molar refractivity (Wildman–Crippen MR) is 75.7 cm³/mol. The highest BCUT2D eigenvalue weighted by atomic mass is 79.9. The molecule has 0 heterocycles. The van der Waals surface area contributed by atoms with Crippen LogP contribution in [0.5, 0.6) is 5.75 Å². The van der Waals surface area contributed by atoms with E-state index < -0.39 is 6.36 Å². The summed E-state index contributed by atoms with van der Waals surface area (Å²) in [5.74, 6) is -0.234. The molecule has 20 heavy (non-hydrogen) atoms. The molecule has 0 aliphatic rings. The third-order valence-electron chi connectivity index (χ3n) is 2.52. The number of hydrogen-bond acceptors (Lipinski definition) is 3. The highest BCUT2D eigenvalue weighted by Gasteiger charge is 2.31. The van der Waals surface area contributed by atoms with Gasteiger partial charge in [-0.15, -0.1) is 13.2 Å². The van der Waals surface area contributed by atoms with Crippen LogP contribution in [0.3, 0.4) is 0 Å². The van der Waals surface area contributed by atoms with Crippen LogP contribution >= 0.6 is 15.9 Å². The third kappa shape index (κ3) is 6.58. The van der Waals surface area contributed by atoms with Gasteiger partial charge in [-0.3, -0.25) is 0 Å². The Hall–Kier alpha value is -0.790. The van der Waals surface area contributed by atoms with Gasteiger partial charge in [-0.05, 0) is 54.6 Å². The van der Waals surface area contributed by atoms with Crippen molar-refractivity contribution >= 4 is 15.9 Å². The lowest BCUT2D eigenvalue weighted by Gasteiger charge is -2.18. The topological polar surface area (TPSA) is 24.5 Å². The first-order valence-electron chi connectivity index (χ1n) is 6.09. The number of halogens is 4. The molecule has 1 rings (SSSR count). The van der Waals surface area contributed by atoms with E-state index in [-0.39, 0.29) is 16.3 Å². The van der Waals surface area contributed by atoms with E-state index in [1.54, 1.807) is 12.1 Å². The van der Waals surface area contributed by atoms with Crippen LogP contribution in [0.2, 0.25) is 0 Å². The standard InChI is InChI=1S/C13H18BrF3N2O/c1-9(8-19(2)3)18-7-10-4-5-12(11(14)6-10)20-13(15,16)17/h4-6,9,18H,7-8H2,1-3H3. The highest BCUT2D eigenvalue weighted by Crippen LogP contribution is 2.31. The van der Waals surface area contributed by atoms with Crippen molar-refractivity contribution < 1.29 is 17.9 Å². The summed E-state index contributed by atoms with van der Waals surface area (Å²) in [6, 6.07) is 4.83. The van der Waals surface area contributed by atoms with E-state index in [4.69, 9.17) is 0 Å². The molecule has 0 saturated carbocycles. The molecule has 0 aliphatic heterocycles. The minimum atomic E-state index is -4.68. The Morgan fingerprint density at radius 2 is 2.00 bits per heavy atom. The number of alkyl halides is 3. The maximum atomic E-state index is 12.1. The number of benzene rings is 1. The Kier molecular flexibility index (Phi) is 6.29. The second-order valence-corrected chi connectivity index (χ2v) is 5.71. The van der Waals surface area contributed by atoms with Crippen LogP contribution in [-0.4, -0.2) is 37.9 Å². The Bertz CT molecular complexity index is 438. The van der Waals surface area contributed by atoms with E-state index in [0.717, 1.165) is 12.1 Å². The first kappa shape index (κ1) is 17.3. The predicted octanol–water partition coefficient (Wildman–Crippen LogP) is 3.39. The second-order valence-electron chi connectivity index (χ2n) is 4.86. The molecule has 0 aliphatic carbocycles. The van der Waals surface area contributed by atoms with Gasteiger partial charge in [0, 0.05) is 19.1 Å². The summed E-state index contributed by atoms with van der Waals surface area (Å²) in [5.41, 5.74) is 0.886. The van der Waals surface area contributed by atoms with Crippen molar-refractivity contribution in [2.24, 2.45) is 0 Å². The third-order valence-corrected chi connectivity index (χ3v) is 3.14. The number of hydrogen-bond donors (Lipinski definition) is 1. The van der Waals surface area contributed by atoms with Crippen molar-refractivity contribution in [3.05, 3.63) is 28.2 Å². The molecule has 0 aromatic heterocycles. The fraction of sp³-hybridized carbons (Fsp3) is 0.538. The molecule has 0 radical (unpaired) electrons. The van der Waals surface area contributed by atoms with Crippen LogP contribution in [0, 0.1) is 0 Å². The van der Waals surface area contributed by atoms with Gasteiger partial charge in [0.2, 0.25) is 0 Å². The summed E-state index contributed by atoms with van der Waals surface area (Å²) in [4.78, 5) is 2.06. The molecule has 114 valence electrons. The van der Waals surface area contributed by atoms with Gasteiger partial charge in [0.05, 0.1) is 4.47 Å². The quantitative estimate of drug-likeness (QED) is 0.847. The van der Waals surface area contributed by atoms with Crippen molar-refractivity contribution in [2.75, 3.05) is 20.6 Å². The lowest BCUT2D eigenvalue weighted by atomic mass is 10.2. The second kappa shape index (κ2) is 7.28. The minimum absolute atomic E-state index is 0.234. The molecule has 1 atom stereocenters. The van der Waals surface area contributed by atoms with Gasteiger partial charge in [0.15, 0.2) is 0 Å². The molecule has 1 N–H and O–H groups in total. The van der Waals surface area contributed by atoms with Crippen molar-refractivity contribution in [1.82, 2.24) is 10.2 Å². The largest absolute Gasteiger partial charge is 0.573 e. The SMILES string of the molecule is CC(CN(C)C)NCc1ccc(OC(F)(F)F)c(Br)c1. The van der Waals surface area contributed by atoms with E-state index >= 15 is 0 Å². The van der Waals surface area contributed by atoms with Gasteiger partial charge in [-0.1, -0.05) is 6.07 Å². The van der Waals surface area contributed by atoms with Crippen LogP contribution in [0.15, 0.2) is 22.7 Å². The highest BCUT2D eigenvalue weighted by molar-refractivity contribution is 9.10. The van der Waals surface area contributed by atoms with Crippen LogP contribution in [0.25, 0.3) is 0 Å². The van der Waals surface area contributed by atoms with E-state index in [0.29, 0.717) is 6.54 Å². The average molecular weight is 355 g/mol. The maximum Gasteiger partial charge on any atom is 0.573 e. The Labute approximate surface area is 125 Å². The smallest absolute Gasteiger partial charge is 0.405 e.